The minimum atomic E-state index is -0.737. The Balaban J connectivity index is 2.19. The molecule has 0 heterocycles. The van der Waals surface area contributed by atoms with Gasteiger partial charge >= 0.3 is 0 Å². The van der Waals surface area contributed by atoms with Crippen molar-refractivity contribution in [3.05, 3.63) is 59.4 Å². The van der Waals surface area contributed by atoms with E-state index in [4.69, 9.17) is 9.47 Å². The van der Waals surface area contributed by atoms with Gasteiger partial charge in [-0.1, -0.05) is 24.3 Å². The van der Waals surface area contributed by atoms with Crippen LogP contribution in [0.25, 0.3) is 0 Å². The molecule has 2 amide bonds. The van der Waals surface area contributed by atoms with Crippen molar-refractivity contribution in [2.75, 3.05) is 13.2 Å². The second-order valence-electron chi connectivity index (χ2n) is 8.10. The Hall–Kier alpha value is -3.09. The topological polar surface area (TPSA) is 67.9 Å². The van der Waals surface area contributed by atoms with Gasteiger partial charge in [-0.2, -0.15) is 0 Å². The van der Waals surface area contributed by atoms with Crippen LogP contribution in [0.15, 0.2) is 42.5 Å². The molecule has 2 rings (SSSR count). The summed E-state index contributed by atoms with van der Waals surface area (Å²) < 4.78 is 25.6. The van der Waals surface area contributed by atoms with Crippen LogP contribution in [0, 0.1) is 5.82 Å². The van der Waals surface area contributed by atoms with Crippen LogP contribution in [0.5, 0.6) is 11.5 Å². The number of halogens is 1. The van der Waals surface area contributed by atoms with Crippen molar-refractivity contribution in [1.29, 1.82) is 0 Å². The van der Waals surface area contributed by atoms with E-state index in [1.54, 1.807) is 25.1 Å². The maximum Gasteiger partial charge on any atom is 0.242 e. The number of ether oxygens (including phenoxy) is 2. The summed E-state index contributed by atoms with van der Waals surface area (Å²) in [6.45, 7) is 10.2. The molecule has 180 valence electrons. The van der Waals surface area contributed by atoms with Gasteiger partial charge in [-0.3, -0.25) is 9.59 Å². The van der Waals surface area contributed by atoms with Gasteiger partial charge < -0.3 is 19.7 Å². The van der Waals surface area contributed by atoms with Crippen molar-refractivity contribution in [3.8, 4) is 11.5 Å². The van der Waals surface area contributed by atoms with E-state index in [0.29, 0.717) is 36.7 Å². The quantitative estimate of drug-likeness (QED) is 0.509. The first-order chi connectivity index (χ1) is 15.8. The molecule has 2 aromatic rings. The fraction of sp³-hybridized carbons (Fsp3) is 0.462. The van der Waals surface area contributed by atoms with Gasteiger partial charge in [0.1, 0.15) is 11.9 Å². The summed E-state index contributed by atoms with van der Waals surface area (Å²) in [5, 5.41) is 2.83. The van der Waals surface area contributed by atoms with Gasteiger partial charge in [0.05, 0.1) is 13.2 Å². The Morgan fingerprint density at radius 2 is 1.67 bits per heavy atom. The van der Waals surface area contributed by atoms with E-state index in [2.05, 4.69) is 5.32 Å². The summed E-state index contributed by atoms with van der Waals surface area (Å²) >= 11 is 0. The third-order valence-electron chi connectivity index (χ3n) is 5.13. The SMILES string of the molecule is CCOc1ccc(CCC(=O)N(Cc2ccccc2F)[C@H](C)C(=O)NC(C)C)cc1OCC. The zero-order valence-corrected chi connectivity index (χ0v) is 20.2. The number of nitrogens with one attached hydrogen (secondary N) is 1. The summed E-state index contributed by atoms with van der Waals surface area (Å²) in [5.41, 5.74) is 1.29. The molecule has 0 unspecified atom stereocenters. The van der Waals surface area contributed by atoms with Crippen LogP contribution in [0.1, 0.15) is 52.2 Å². The fourth-order valence-electron chi connectivity index (χ4n) is 3.44. The number of carbonyl (C=O) groups is 2. The highest BCUT2D eigenvalue weighted by molar-refractivity contribution is 5.87. The lowest BCUT2D eigenvalue weighted by Gasteiger charge is -2.29. The molecule has 0 spiro atoms. The van der Waals surface area contributed by atoms with Crippen molar-refractivity contribution in [3.63, 3.8) is 0 Å². The predicted octanol–water partition coefficient (Wildman–Crippen LogP) is 4.50. The summed E-state index contributed by atoms with van der Waals surface area (Å²) in [6.07, 6.45) is 0.630. The van der Waals surface area contributed by atoms with Crippen LogP contribution in [-0.4, -0.2) is 42.0 Å². The number of aryl methyl sites for hydroxylation is 1. The maximum absolute atomic E-state index is 14.3. The molecule has 0 radical (unpaired) electrons. The Morgan fingerprint density at radius 3 is 2.30 bits per heavy atom. The van der Waals surface area contributed by atoms with Crippen LogP contribution >= 0.6 is 0 Å². The molecular weight excluding hydrogens is 423 g/mol. The normalized spacial score (nSPS) is 11.7. The maximum atomic E-state index is 14.3. The first-order valence-corrected chi connectivity index (χ1v) is 11.5. The zero-order valence-electron chi connectivity index (χ0n) is 20.2. The van der Waals surface area contributed by atoms with Gasteiger partial charge in [0.25, 0.3) is 0 Å². The first-order valence-electron chi connectivity index (χ1n) is 11.5. The number of hydrogen-bond donors (Lipinski definition) is 1. The molecule has 1 atom stereocenters. The van der Waals surface area contributed by atoms with Crippen LogP contribution in [-0.2, 0) is 22.6 Å². The van der Waals surface area contributed by atoms with Crippen LogP contribution in [0.3, 0.4) is 0 Å². The highest BCUT2D eigenvalue weighted by atomic mass is 19.1. The van der Waals surface area contributed by atoms with Gasteiger partial charge in [-0.25, -0.2) is 4.39 Å². The average Bonchev–Trinajstić information content (AvgIpc) is 2.78. The summed E-state index contributed by atoms with van der Waals surface area (Å²) in [5.74, 6) is 0.400. The monoisotopic (exact) mass is 458 g/mol. The number of amides is 2. The lowest BCUT2D eigenvalue weighted by atomic mass is 10.1. The van der Waals surface area contributed by atoms with Crippen molar-refractivity contribution in [1.82, 2.24) is 10.2 Å². The lowest BCUT2D eigenvalue weighted by molar-refractivity contribution is -0.140. The van der Waals surface area contributed by atoms with E-state index in [-0.39, 0.29) is 30.8 Å². The van der Waals surface area contributed by atoms with Crippen LogP contribution in [0.4, 0.5) is 4.39 Å². The number of carbonyl (C=O) groups excluding carboxylic acids is 2. The van der Waals surface area contributed by atoms with E-state index >= 15 is 0 Å². The second-order valence-corrected chi connectivity index (χ2v) is 8.10. The van der Waals surface area contributed by atoms with Crippen molar-refractivity contribution in [2.24, 2.45) is 0 Å². The Kier molecular flexibility index (Phi) is 10.2. The highest BCUT2D eigenvalue weighted by Crippen LogP contribution is 2.29. The molecule has 0 bridgehead atoms. The van der Waals surface area contributed by atoms with E-state index in [1.807, 2.05) is 45.9 Å². The minimum Gasteiger partial charge on any atom is -0.490 e. The molecule has 0 aliphatic carbocycles. The van der Waals surface area contributed by atoms with Crippen LogP contribution < -0.4 is 14.8 Å². The summed E-state index contributed by atoms with van der Waals surface area (Å²) in [7, 11) is 0. The number of benzene rings is 2. The van der Waals surface area contributed by atoms with Gasteiger partial charge in [0.15, 0.2) is 11.5 Å². The van der Waals surface area contributed by atoms with Gasteiger partial charge in [-0.15, -0.1) is 0 Å². The molecule has 7 heteroatoms. The molecular formula is C26H35FN2O4. The molecule has 0 aliphatic rings. The number of hydrogen-bond acceptors (Lipinski definition) is 4. The molecule has 0 saturated heterocycles. The average molecular weight is 459 g/mol. The number of rotatable bonds is 12. The number of nitrogens with zero attached hydrogens (tertiary/aromatic N) is 1. The largest absolute Gasteiger partial charge is 0.490 e. The molecule has 6 nitrogen and oxygen atoms in total. The highest BCUT2D eigenvalue weighted by Gasteiger charge is 2.27. The summed E-state index contributed by atoms with van der Waals surface area (Å²) in [4.78, 5) is 27.3. The van der Waals surface area contributed by atoms with Crippen molar-refractivity contribution < 1.29 is 23.5 Å². The molecule has 0 saturated carbocycles. The molecule has 2 aromatic carbocycles. The predicted molar refractivity (Wildman–Crippen MR) is 127 cm³/mol. The Bertz CT molecular complexity index is 932. The smallest absolute Gasteiger partial charge is 0.242 e. The van der Waals surface area contributed by atoms with Gasteiger partial charge in [0.2, 0.25) is 11.8 Å². The van der Waals surface area contributed by atoms with Crippen molar-refractivity contribution >= 4 is 11.8 Å². The van der Waals surface area contributed by atoms with E-state index in [9.17, 15) is 14.0 Å². The third kappa shape index (κ3) is 7.77. The Labute approximate surface area is 196 Å². The third-order valence-corrected chi connectivity index (χ3v) is 5.13. The van der Waals surface area contributed by atoms with Crippen LogP contribution in [0.2, 0.25) is 0 Å². The molecule has 33 heavy (non-hydrogen) atoms. The minimum absolute atomic E-state index is 0.0195. The van der Waals surface area contributed by atoms with Crippen molar-refractivity contribution in [2.45, 2.75) is 66.1 Å². The van der Waals surface area contributed by atoms with Gasteiger partial charge in [0, 0.05) is 24.6 Å². The van der Waals surface area contributed by atoms with E-state index in [0.717, 1.165) is 5.56 Å². The summed E-state index contributed by atoms with van der Waals surface area (Å²) in [6, 6.07) is 11.1. The molecule has 0 fully saturated rings. The molecule has 1 N–H and O–H groups in total. The first kappa shape index (κ1) is 26.2. The van der Waals surface area contributed by atoms with E-state index < -0.39 is 11.9 Å². The van der Waals surface area contributed by atoms with E-state index in [1.165, 1.54) is 11.0 Å². The zero-order chi connectivity index (χ0) is 24.4. The lowest BCUT2D eigenvalue weighted by Crippen LogP contribution is -2.49. The molecule has 0 aliphatic heterocycles. The van der Waals surface area contributed by atoms with Gasteiger partial charge in [-0.05, 0) is 64.8 Å². The molecule has 0 aromatic heterocycles. The second kappa shape index (κ2) is 12.8. The Morgan fingerprint density at radius 1 is 1.00 bits per heavy atom. The standard InChI is InChI=1S/C26H35FN2O4/c1-6-32-23-14-12-20(16-24(23)33-7-2)13-15-25(30)29(19(5)26(31)28-18(3)4)17-21-10-8-9-11-22(21)27/h8-12,14,16,18-19H,6-7,13,15,17H2,1-5H3,(H,28,31)/t19-/m1/s1. The fourth-order valence-corrected chi connectivity index (χ4v) is 3.44.